The minimum Gasteiger partial charge on any atom is -0.467 e. The SMILES string of the molecule is COC(=O)C(NC(=O)OC(C)(C)C)[SH]1CC1OC. The molecule has 0 aromatic carbocycles. The Bertz CT molecular complexity index is 328. The van der Waals surface area contributed by atoms with Gasteiger partial charge in [-0.1, -0.05) is 0 Å². The van der Waals surface area contributed by atoms with Crippen LogP contribution in [0.15, 0.2) is 0 Å². The van der Waals surface area contributed by atoms with Crippen LogP contribution in [0.2, 0.25) is 0 Å². The summed E-state index contributed by atoms with van der Waals surface area (Å²) in [6.45, 7) is 5.29. The van der Waals surface area contributed by atoms with Crippen LogP contribution in [-0.4, -0.2) is 48.4 Å². The van der Waals surface area contributed by atoms with Crippen molar-refractivity contribution in [2.75, 3.05) is 20.0 Å². The predicted octanol–water partition coefficient (Wildman–Crippen LogP) is 0.997. The Hall–Kier alpha value is -0.950. The van der Waals surface area contributed by atoms with Crippen molar-refractivity contribution in [1.29, 1.82) is 0 Å². The molecule has 7 heteroatoms. The van der Waals surface area contributed by atoms with Gasteiger partial charge in [0, 0.05) is 12.9 Å². The van der Waals surface area contributed by atoms with Gasteiger partial charge in [-0.3, -0.25) is 0 Å². The first-order chi connectivity index (χ1) is 8.28. The number of nitrogens with one attached hydrogen (secondary N) is 1. The van der Waals surface area contributed by atoms with E-state index in [0.717, 1.165) is 5.75 Å². The zero-order valence-corrected chi connectivity index (χ0v) is 12.2. The first kappa shape index (κ1) is 15.1. The van der Waals surface area contributed by atoms with Crippen LogP contribution >= 0.6 is 10.9 Å². The second-order valence-electron chi connectivity index (χ2n) is 4.96. The number of carbonyl (C=O) groups excluding carboxylic acids is 2. The fraction of sp³-hybridized carbons (Fsp3) is 0.818. The van der Waals surface area contributed by atoms with Crippen molar-refractivity contribution in [3.63, 3.8) is 0 Å². The summed E-state index contributed by atoms with van der Waals surface area (Å²) in [6.07, 6.45) is -0.609. The minimum atomic E-state index is -0.705. The summed E-state index contributed by atoms with van der Waals surface area (Å²) in [5.41, 5.74) is -0.540. The smallest absolute Gasteiger partial charge is 0.408 e. The van der Waals surface area contributed by atoms with Crippen molar-refractivity contribution in [3.8, 4) is 0 Å². The predicted molar refractivity (Wildman–Crippen MR) is 69.8 cm³/mol. The van der Waals surface area contributed by atoms with Crippen LogP contribution in [0.25, 0.3) is 0 Å². The largest absolute Gasteiger partial charge is 0.467 e. The van der Waals surface area contributed by atoms with E-state index in [1.807, 2.05) is 0 Å². The van der Waals surface area contributed by atoms with Gasteiger partial charge in [0.05, 0.1) is 12.5 Å². The van der Waals surface area contributed by atoms with Crippen LogP contribution in [0.5, 0.6) is 0 Å². The van der Waals surface area contributed by atoms with Gasteiger partial charge in [0.25, 0.3) is 0 Å². The Balaban J connectivity index is 2.57. The van der Waals surface area contributed by atoms with E-state index in [1.165, 1.54) is 7.11 Å². The first-order valence-corrected chi connectivity index (χ1v) is 7.31. The normalized spacial score (nSPS) is 26.1. The van der Waals surface area contributed by atoms with Crippen molar-refractivity contribution in [2.24, 2.45) is 0 Å². The third-order valence-corrected chi connectivity index (χ3v) is 4.71. The molecule has 1 rings (SSSR count). The molecule has 0 radical (unpaired) electrons. The molecule has 0 bridgehead atoms. The van der Waals surface area contributed by atoms with Gasteiger partial charge >= 0.3 is 12.1 Å². The number of hydrogen-bond acceptors (Lipinski definition) is 5. The summed E-state index contributed by atoms with van der Waals surface area (Å²) in [6, 6.07) is 0. The zero-order valence-electron chi connectivity index (χ0n) is 11.4. The Morgan fingerprint density at radius 1 is 1.33 bits per heavy atom. The maximum Gasteiger partial charge on any atom is 0.408 e. The van der Waals surface area contributed by atoms with E-state index in [4.69, 9.17) is 9.47 Å². The van der Waals surface area contributed by atoms with Gasteiger partial charge in [-0.05, 0) is 20.8 Å². The van der Waals surface area contributed by atoms with Crippen molar-refractivity contribution in [2.45, 2.75) is 37.2 Å². The first-order valence-electron chi connectivity index (χ1n) is 5.64. The van der Waals surface area contributed by atoms with Crippen LogP contribution in [0.1, 0.15) is 20.8 Å². The molecule has 1 amide bonds. The molecule has 0 saturated carbocycles. The molecule has 1 heterocycles. The van der Waals surface area contributed by atoms with Gasteiger partial charge in [-0.2, -0.15) is 10.9 Å². The summed E-state index contributed by atoms with van der Waals surface area (Å²) < 4.78 is 15.0. The Labute approximate surface area is 110 Å². The number of thiol groups is 1. The van der Waals surface area contributed by atoms with Crippen molar-refractivity contribution >= 4 is 23.0 Å². The molecule has 0 aromatic heterocycles. The van der Waals surface area contributed by atoms with Gasteiger partial charge in [-0.25, -0.2) is 9.59 Å². The highest BCUT2D eigenvalue weighted by molar-refractivity contribution is 8.24. The fourth-order valence-electron chi connectivity index (χ4n) is 1.42. The highest BCUT2D eigenvalue weighted by atomic mass is 32.2. The van der Waals surface area contributed by atoms with Crippen molar-refractivity contribution < 1.29 is 23.8 Å². The van der Waals surface area contributed by atoms with E-state index >= 15 is 0 Å². The number of methoxy groups -OCH3 is 2. The highest BCUT2D eigenvalue weighted by Gasteiger charge is 2.44. The molecule has 1 saturated heterocycles. The van der Waals surface area contributed by atoms with Crippen LogP contribution in [0.4, 0.5) is 4.79 Å². The molecule has 3 atom stereocenters. The summed E-state index contributed by atoms with van der Waals surface area (Å²) in [5, 5.41) is 1.92. The number of rotatable bonds is 4. The lowest BCUT2D eigenvalue weighted by molar-refractivity contribution is -0.140. The monoisotopic (exact) mass is 279 g/mol. The summed E-state index contributed by atoms with van der Waals surface area (Å²) in [7, 11) is 2.18. The molecular formula is C11H21NO5S. The molecule has 106 valence electrons. The third-order valence-electron chi connectivity index (χ3n) is 2.28. The summed E-state index contributed by atoms with van der Waals surface area (Å²) in [4.78, 5) is 23.3. The van der Waals surface area contributed by atoms with E-state index in [2.05, 4.69) is 10.1 Å². The second-order valence-corrected chi connectivity index (χ2v) is 7.45. The van der Waals surface area contributed by atoms with Crippen LogP contribution in [0.3, 0.4) is 0 Å². The molecule has 18 heavy (non-hydrogen) atoms. The lowest BCUT2D eigenvalue weighted by Gasteiger charge is -2.23. The fourth-order valence-corrected chi connectivity index (χ4v) is 3.58. The van der Waals surface area contributed by atoms with E-state index in [0.29, 0.717) is 0 Å². The topological polar surface area (TPSA) is 73.9 Å². The number of esters is 1. The molecule has 0 aliphatic carbocycles. The highest BCUT2D eigenvalue weighted by Crippen LogP contribution is 2.52. The van der Waals surface area contributed by atoms with Crippen LogP contribution < -0.4 is 5.32 Å². The molecule has 6 nitrogen and oxygen atoms in total. The molecule has 0 spiro atoms. The summed E-state index contributed by atoms with van der Waals surface area (Å²) >= 11 is 0. The number of hydrogen-bond donors (Lipinski definition) is 2. The lowest BCUT2D eigenvalue weighted by Crippen LogP contribution is -2.42. The van der Waals surface area contributed by atoms with Crippen LogP contribution in [0, 0.1) is 0 Å². The van der Waals surface area contributed by atoms with E-state index in [1.54, 1.807) is 27.9 Å². The molecule has 3 unspecified atom stereocenters. The van der Waals surface area contributed by atoms with Crippen molar-refractivity contribution in [1.82, 2.24) is 5.32 Å². The molecular weight excluding hydrogens is 258 g/mol. The van der Waals surface area contributed by atoms with Gasteiger partial charge < -0.3 is 19.5 Å². The van der Waals surface area contributed by atoms with E-state index in [9.17, 15) is 9.59 Å². The molecule has 1 fully saturated rings. The van der Waals surface area contributed by atoms with Gasteiger partial charge in [0.15, 0.2) is 5.37 Å². The molecule has 1 aliphatic rings. The number of amides is 1. The average molecular weight is 279 g/mol. The maximum absolute atomic E-state index is 11.6. The van der Waals surface area contributed by atoms with E-state index < -0.39 is 33.9 Å². The lowest BCUT2D eigenvalue weighted by atomic mass is 10.2. The zero-order chi connectivity index (χ0) is 13.9. The third kappa shape index (κ3) is 4.38. The van der Waals surface area contributed by atoms with E-state index in [-0.39, 0.29) is 5.44 Å². The van der Waals surface area contributed by atoms with Gasteiger partial charge in [-0.15, -0.1) is 0 Å². The van der Waals surface area contributed by atoms with Gasteiger partial charge in [0.1, 0.15) is 5.60 Å². The number of carbonyl (C=O) groups is 2. The Morgan fingerprint density at radius 3 is 2.33 bits per heavy atom. The molecule has 1 N–H and O–H groups in total. The minimum absolute atomic E-state index is 0.0547. The quantitative estimate of drug-likeness (QED) is 0.456. The molecule has 0 aromatic rings. The Kier molecular flexibility index (Phi) is 4.86. The molecule has 1 aliphatic heterocycles. The standard InChI is InChI=1S/C11H21NO5S/c1-11(2,3)17-10(14)12-8(9(13)16-5)18-6-7(18)15-4/h7-8,18H,6H2,1-5H3,(H,12,14). The number of ether oxygens (including phenoxy) is 3. The van der Waals surface area contributed by atoms with Crippen LogP contribution in [-0.2, 0) is 19.0 Å². The maximum atomic E-state index is 11.6. The van der Waals surface area contributed by atoms with Gasteiger partial charge in [0.2, 0.25) is 0 Å². The second kappa shape index (κ2) is 5.79. The Morgan fingerprint density at radius 2 is 1.94 bits per heavy atom. The summed E-state index contributed by atoms with van der Waals surface area (Å²) in [5.74, 6) is 0.341. The number of alkyl carbamates (subject to hydrolysis) is 1. The average Bonchev–Trinajstić information content (AvgIpc) is 3.01. The van der Waals surface area contributed by atoms with Crippen molar-refractivity contribution in [3.05, 3.63) is 0 Å².